The Morgan fingerprint density at radius 3 is 2.65 bits per heavy atom. The number of hydrogen-bond acceptors (Lipinski definition) is 2. The van der Waals surface area contributed by atoms with E-state index < -0.39 is 0 Å². The molecule has 3 rings (SSSR count). The molecule has 128 valence electrons. The minimum absolute atomic E-state index is 0. The summed E-state index contributed by atoms with van der Waals surface area (Å²) in [5, 5.41) is 3.36. The first-order valence-electron chi connectivity index (χ1n) is 8.83. The van der Waals surface area contributed by atoms with E-state index in [-0.39, 0.29) is 24.4 Å². The maximum atomic E-state index is 13.1. The Balaban J connectivity index is 0.00000192. The Labute approximate surface area is 146 Å². The summed E-state index contributed by atoms with van der Waals surface area (Å²) in [7, 11) is 0. The Morgan fingerprint density at radius 2 is 1.91 bits per heavy atom. The summed E-state index contributed by atoms with van der Waals surface area (Å²) in [6, 6.07) is 9.01. The lowest BCUT2D eigenvalue weighted by Crippen LogP contribution is -2.42. The van der Waals surface area contributed by atoms with Crippen molar-refractivity contribution >= 4 is 18.3 Å². The van der Waals surface area contributed by atoms with E-state index in [2.05, 4.69) is 41.4 Å². The van der Waals surface area contributed by atoms with Gasteiger partial charge >= 0.3 is 0 Å². The van der Waals surface area contributed by atoms with E-state index in [4.69, 9.17) is 0 Å². The molecule has 1 N–H and O–H groups in total. The van der Waals surface area contributed by atoms with Crippen molar-refractivity contribution in [2.45, 2.75) is 51.5 Å². The van der Waals surface area contributed by atoms with Crippen molar-refractivity contribution in [1.82, 2.24) is 10.2 Å². The highest BCUT2D eigenvalue weighted by atomic mass is 35.5. The second kappa shape index (κ2) is 8.70. The zero-order chi connectivity index (χ0) is 15.4. The summed E-state index contributed by atoms with van der Waals surface area (Å²) < 4.78 is 0. The van der Waals surface area contributed by atoms with Crippen LogP contribution in [0.4, 0.5) is 0 Å². The van der Waals surface area contributed by atoms with Gasteiger partial charge in [0.2, 0.25) is 5.91 Å². The van der Waals surface area contributed by atoms with E-state index in [1.165, 1.54) is 24.0 Å². The van der Waals surface area contributed by atoms with E-state index in [0.717, 1.165) is 45.3 Å². The van der Waals surface area contributed by atoms with Crippen molar-refractivity contribution in [1.29, 1.82) is 0 Å². The third-order valence-corrected chi connectivity index (χ3v) is 5.15. The predicted octanol–water partition coefficient (Wildman–Crippen LogP) is 3.86. The van der Waals surface area contributed by atoms with Crippen LogP contribution in [0.2, 0.25) is 0 Å². The molecule has 1 aromatic carbocycles. The molecule has 0 aliphatic carbocycles. The highest BCUT2D eigenvalue weighted by molar-refractivity contribution is 5.85. The largest absolute Gasteiger partial charge is 0.335 e. The molecule has 1 unspecified atom stereocenters. The number of aryl methyl sites for hydroxylation is 1. The molecule has 2 aliphatic heterocycles. The lowest BCUT2D eigenvalue weighted by atomic mass is 9.93. The Morgan fingerprint density at radius 1 is 1.13 bits per heavy atom. The number of carbonyl (C=O) groups is 1. The number of amides is 1. The number of benzene rings is 1. The molecule has 2 heterocycles. The number of carbonyl (C=O) groups excluding carboxylic acids is 1. The standard InChI is InChI=1S/C19H28N2O.ClH/c1-15-6-5-7-17(14-15)18-8-3-2-4-13-21(18)19(22)16-9-11-20-12-10-16;/h5-7,14,16,18,20H,2-4,8-13H2,1H3;1H. The van der Waals surface area contributed by atoms with Crippen LogP contribution in [0.25, 0.3) is 0 Å². The first kappa shape index (κ1) is 18.3. The molecule has 3 nitrogen and oxygen atoms in total. The Kier molecular flexibility index (Phi) is 6.91. The van der Waals surface area contributed by atoms with E-state index in [0.29, 0.717) is 5.91 Å². The van der Waals surface area contributed by atoms with Gasteiger partial charge in [-0.15, -0.1) is 12.4 Å². The highest BCUT2D eigenvalue weighted by Crippen LogP contribution is 2.32. The maximum Gasteiger partial charge on any atom is 0.226 e. The van der Waals surface area contributed by atoms with Gasteiger partial charge in [0.1, 0.15) is 0 Å². The summed E-state index contributed by atoms with van der Waals surface area (Å²) in [4.78, 5) is 15.3. The van der Waals surface area contributed by atoms with Gasteiger partial charge in [0.15, 0.2) is 0 Å². The zero-order valence-corrected chi connectivity index (χ0v) is 14.9. The first-order valence-corrected chi connectivity index (χ1v) is 8.83. The van der Waals surface area contributed by atoms with Crippen molar-refractivity contribution in [3.05, 3.63) is 35.4 Å². The second-order valence-electron chi connectivity index (χ2n) is 6.84. The topological polar surface area (TPSA) is 32.3 Å². The van der Waals surface area contributed by atoms with Crippen LogP contribution >= 0.6 is 12.4 Å². The third kappa shape index (κ3) is 4.48. The quantitative estimate of drug-likeness (QED) is 0.889. The lowest BCUT2D eigenvalue weighted by molar-refractivity contribution is -0.138. The van der Waals surface area contributed by atoms with Crippen molar-refractivity contribution in [2.75, 3.05) is 19.6 Å². The van der Waals surface area contributed by atoms with Crippen LogP contribution in [0, 0.1) is 12.8 Å². The van der Waals surface area contributed by atoms with Gasteiger partial charge in [-0.1, -0.05) is 42.7 Å². The van der Waals surface area contributed by atoms with Gasteiger partial charge in [-0.05, 0) is 51.3 Å². The summed E-state index contributed by atoms with van der Waals surface area (Å²) in [6.45, 7) is 5.04. The number of hydrogen-bond donors (Lipinski definition) is 1. The van der Waals surface area contributed by atoms with Crippen LogP contribution in [0.1, 0.15) is 55.7 Å². The van der Waals surface area contributed by atoms with Gasteiger partial charge in [-0.3, -0.25) is 4.79 Å². The fourth-order valence-corrected chi connectivity index (χ4v) is 3.90. The van der Waals surface area contributed by atoms with Gasteiger partial charge in [0.05, 0.1) is 6.04 Å². The monoisotopic (exact) mass is 336 g/mol. The number of nitrogens with zero attached hydrogens (tertiary/aromatic N) is 1. The molecule has 1 aromatic rings. The number of piperidine rings is 1. The van der Waals surface area contributed by atoms with E-state index in [1.54, 1.807) is 0 Å². The van der Waals surface area contributed by atoms with Crippen molar-refractivity contribution in [3.8, 4) is 0 Å². The van der Waals surface area contributed by atoms with Crippen molar-refractivity contribution in [2.24, 2.45) is 5.92 Å². The van der Waals surface area contributed by atoms with Crippen LogP contribution in [0.15, 0.2) is 24.3 Å². The van der Waals surface area contributed by atoms with Gasteiger partial charge in [-0.2, -0.15) is 0 Å². The summed E-state index contributed by atoms with van der Waals surface area (Å²) in [5.74, 6) is 0.626. The van der Waals surface area contributed by atoms with Crippen LogP contribution < -0.4 is 5.32 Å². The predicted molar refractivity (Wildman–Crippen MR) is 96.9 cm³/mol. The van der Waals surface area contributed by atoms with Crippen LogP contribution in [-0.4, -0.2) is 30.4 Å². The van der Waals surface area contributed by atoms with Gasteiger partial charge in [-0.25, -0.2) is 0 Å². The third-order valence-electron chi connectivity index (χ3n) is 5.15. The molecule has 1 atom stereocenters. The molecule has 23 heavy (non-hydrogen) atoms. The molecule has 0 spiro atoms. The van der Waals surface area contributed by atoms with E-state index in [1.807, 2.05) is 0 Å². The van der Waals surface area contributed by atoms with Crippen molar-refractivity contribution < 1.29 is 4.79 Å². The van der Waals surface area contributed by atoms with Crippen LogP contribution in [0.5, 0.6) is 0 Å². The molecule has 0 radical (unpaired) electrons. The van der Waals surface area contributed by atoms with Crippen LogP contribution in [-0.2, 0) is 4.79 Å². The van der Waals surface area contributed by atoms with Crippen LogP contribution in [0.3, 0.4) is 0 Å². The summed E-state index contributed by atoms with van der Waals surface area (Å²) in [6.07, 6.45) is 6.73. The SMILES string of the molecule is Cc1cccc(C2CCCCCN2C(=O)C2CCNCC2)c1.Cl. The lowest BCUT2D eigenvalue weighted by Gasteiger charge is -2.35. The Hall–Kier alpha value is -1.06. The molecule has 0 saturated carbocycles. The first-order chi connectivity index (χ1) is 10.8. The van der Waals surface area contributed by atoms with E-state index >= 15 is 0 Å². The second-order valence-corrected chi connectivity index (χ2v) is 6.84. The van der Waals surface area contributed by atoms with Gasteiger partial charge < -0.3 is 10.2 Å². The molecule has 4 heteroatoms. The normalized spacial score (nSPS) is 23.0. The molecule has 2 fully saturated rings. The number of likely N-dealkylation sites (tertiary alicyclic amines) is 1. The average molecular weight is 337 g/mol. The van der Waals surface area contributed by atoms with Gasteiger partial charge in [0.25, 0.3) is 0 Å². The molecule has 0 bridgehead atoms. The number of nitrogens with one attached hydrogen (secondary N) is 1. The molecule has 2 saturated heterocycles. The summed E-state index contributed by atoms with van der Waals surface area (Å²) >= 11 is 0. The Bertz CT molecular complexity index is 514. The molecule has 1 amide bonds. The zero-order valence-electron chi connectivity index (χ0n) is 14.1. The summed E-state index contributed by atoms with van der Waals surface area (Å²) in [5.41, 5.74) is 2.61. The smallest absolute Gasteiger partial charge is 0.226 e. The fourth-order valence-electron chi connectivity index (χ4n) is 3.90. The van der Waals surface area contributed by atoms with Gasteiger partial charge in [0, 0.05) is 12.5 Å². The number of halogens is 1. The average Bonchev–Trinajstić information content (AvgIpc) is 2.81. The minimum atomic E-state index is 0. The molecular weight excluding hydrogens is 308 g/mol. The van der Waals surface area contributed by atoms with Crippen molar-refractivity contribution in [3.63, 3.8) is 0 Å². The minimum Gasteiger partial charge on any atom is -0.335 e. The molecule has 2 aliphatic rings. The molecular formula is C19H29ClN2O. The maximum absolute atomic E-state index is 13.1. The number of rotatable bonds is 2. The van der Waals surface area contributed by atoms with E-state index in [9.17, 15) is 4.79 Å². The fraction of sp³-hybridized carbons (Fsp3) is 0.632. The molecule has 0 aromatic heterocycles. The highest BCUT2D eigenvalue weighted by Gasteiger charge is 2.32.